The smallest absolute Gasteiger partial charge is 0.248 e. The number of carbonyl (C=O) groups is 1. The van der Waals surface area contributed by atoms with Crippen molar-refractivity contribution in [2.24, 2.45) is 0 Å². The molecule has 2 aliphatic rings. The average molecular weight is 419 g/mol. The molecule has 2 fully saturated rings. The summed E-state index contributed by atoms with van der Waals surface area (Å²) >= 11 is 0. The summed E-state index contributed by atoms with van der Waals surface area (Å²) in [5, 5.41) is 10.1. The van der Waals surface area contributed by atoms with E-state index in [-0.39, 0.29) is 37.1 Å². The van der Waals surface area contributed by atoms with Gasteiger partial charge in [-0.2, -0.15) is 0 Å². The molecular weight excluding hydrogens is 388 g/mol. The van der Waals surface area contributed by atoms with Crippen LogP contribution in [0.4, 0.5) is 0 Å². The number of aliphatic hydroxyl groups excluding tert-OH is 1. The molecule has 0 aliphatic carbocycles. The van der Waals surface area contributed by atoms with Gasteiger partial charge in [-0.1, -0.05) is 42.2 Å². The maximum atomic E-state index is 12.5. The van der Waals surface area contributed by atoms with Crippen molar-refractivity contribution in [1.29, 1.82) is 0 Å². The van der Waals surface area contributed by atoms with Crippen molar-refractivity contribution in [3.8, 4) is 11.8 Å². The highest BCUT2D eigenvalue weighted by Gasteiger charge is 2.49. The Bertz CT molecular complexity index is 933. The van der Waals surface area contributed by atoms with E-state index in [1.807, 2.05) is 35.2 Å². The molecule has 0 aromatic heterocycles. The normalized spacial score (nSPS) is 23.5. The Morgan fingerprint density at radius 1 is 1.03 bits per heavy atom. The van der Waals surface area contributed by atoms with Gasteiger partial charge in [0.1, 0.15) is 6.61 Å². The van der Waals surface area contributed by atoms with E-state index in [1.54, 1.807) is 7.11 Å². The van der Waals surface area contributed by atoms with Crippen LogP contribution in [0.2, 0.25) is 0 Å². The van der Waals surface area contributed by atoms with E-state index in [1.165, 1.54) is 5.56 Å². The van der Waals surface area contributed by atoms with E-state index >= 15 is 0 Å². The Hall–Kier alpha value is -2.65. The number of amides is 1. The lowest BCUT2D eigenvalue weighted by atomic mass is 9.74. The Labute approximate surface area is 184 Å². The maximum absolute atomic E-state index is 12.5. The second kappa shape index (κ2) is 10.1. The minimum absolute atomic E-state index is 0.0436. The number of methoxy groups -OCH3 is 1. The van der Waals surface area contributed by atoms with Crippen LogP contribution >= 0.6 is 0 Å². The molecule has 5 heteroatoms. The minimum atomic E-state index is 0.0436. The summed E-state index contributed by atoms with van der Waals surface area (Å²) in [5.74, 6) is 6.67. The predicted molar refractivity (Wildman–Crippen MR) is 121 cm³/mol. The third-order valence-electron chi connectivity index (χ3n) is 6.41. The van der Waals surface area contributed by atoms with Crippen LogP contribution in [0.3, 0.4) is 0 Å². The molecule has 0 spiro atoms. The van der Waals surface area contributed by atoms with E-state index < -0.39 is 0 Å². The largest absolute Gasteiger partial charge is 0.395 e. The first-order valence-electron chi connectivity index (χ1n) is 11.0. The van der Waals surface area contributed by atoms with Gasteiger partial charge < -0.3 is 14.7 Å². The van der Waals surface area contributed by atoms with Crippen molar-refractivity contribution in [3.05, 3.63) is 71.3 Å². The summed E-state index contributed by atoms with van der Waals surface area (Å²) in [6.07, 6.45) is 2.01. The molecule has 2 saturated heterocycles. The van der Waals surface area contributed by atoms with Crippen LogP contribution in [0.15, 0.2) is 54.6 Å². The van der Waals surface area contributed by atoms with Crippen molar-refractivity contribution in [2.45, 2.75) is 30.8 Å². The molecule has 1 N–H and O–H groups in total. The van der Waals surface area contributed by atoms with E-state index in [2.05, 4.69) is 41.0 Å². The van der Waals surface area contributed by atoms with Crippen LogP contribution in [-0.4, -0.2) is 72.9 Å². The van der Waals surface area contributed by atoms with Crippen LogP contribution in [0.25, 0.3) is 0 Å². The Morgan fingerprint density at radius 2 is 1.71 bits per heavy atom. The van der Waals surface area contributed by atoms with Gasteiger partial charge in [-0.05, 0) is 49.2 Å². The van der Waals surface area contributed by atoms with Crippen LogP contribution < -0.4 is 0 Å². The molecule has 3 atom stereocenters. The predicted octanol–water partition coefficient (Wildman–Crippen LogP) is 2.48. The maximum Gasteiger partial charge on any atom is 0.248 e. The molecule has 4 rings (SSSR count). The lowest BCUT2D eigenvalue weighted by Crippen LogP contribution is -2.68. The topological polar surface area (TPSA) is 53.0 Å². The highest BCUT2D eigenvalue weighted by molar-refractivity contribution is 5.77. The monoisotopic (exact) mass is 418 g/mol. The van der Waals surface area contributed by atoms with Crippen molar-refractivity contribution < 1.29 is 14.6 Å². The summed E-state index contributed by atoms with van der Waals surface area (Å²) in [6.45, 7) is 2.67. The molecular formula is C26H30N2O3. The number of rotatable bonds is 4. The number of benzene rings is 2. The number of hydrogen-bond acceptors (Lipinski definition) is 4. The van der Waals surface area contributed by atoms with E-state index in [0.717, 1.165) is 37.1 Å². The van der Waals surface area contributed by atoms with Crippen LogP contribution in [0.5, 0.6) is 0 Å². The number of ether oxygens (including phenoxy) is 1. The molecule has 2 aromatic rings. The number of carbonyl (C=O) groups excluding carboxylic acids is 1. The Kier molecular flexibility index (Phi) is 7.03. The van der Waals surface area contributed by atoms with Crippen LogP contribution in [0.1, 0.15) is 35.4 Å². The van der Waals surface area contributed by atoms with Gasteiger partial charge in [0, 0.05) is 49.3 Å². The summed E-state index contributed by atoms with van der Waals surface area (Å²) in [5.41, 5.74) is 3.17. The minimum Gasteiger partial charge on any atom is -0.395 e. The second-order valence-electron chi connectivity index (χ2n) is 8.30. The lowest BCUT2D eigenvalue weighted by molar-refractivity contribution is -0.140. The average Bonchev–Trinajstić information content (AvgIpc) is 2.78. The summed E-state index contributed by atoms with van der Waals surface area (Å²) < 4.78 is 5.07. The van der Waals surface area contributed by atoms with Gasteiger partial charge in [-0.25, -0.2) is 0 Å². The van der Waals surface area contributed by atoms with Gasteiger partial charge in [0.2, 0.25) is 5.91 Å². The first kappa shape index (κ1) is 21.6. The van der Waals surface area contributed by atoms with Gasteiger partial charge in [0.05, 0.1) is 6.61 Å². The molecule has 0 saturated carbocycles. The number of hydrogen-bond donors (Lipinski definition) is 1. The van der Waals surface area contributed by atoms with Gasteiger partial charge in [-0.15, -0.1) is 0 Å². The van der Waals surface area contributed by atoms with Crippen molar-refractivity contribution in [3.63, 3.8) is 0 Å². The molecule has 2 aliphatic heterocycles. The molecule has 5 nitrogen and oxygen atoms in total. The Morgan fingerprint density at radius 3 is 2.39 bits per heavy atom. The molecule has 0 bridgehead atoms. The summed E-state index contributed by atoms with van der Waals surface area (Å²) in [4.78, 5) is 16.8. The first-order chi connectivity index (χ1) is 15.2. The molecule has 1 amide bonds. The lowest BCUT2D eigenvalue weighted by Gasteiger charge is -2.57. The van der Waals surface area contributed by atoms with Crippen molar-refractivity contribution >= 4 is 5.91 Å². The zero-order valence-corrected chi connectivity index (χ0v) is 18.0. The fourth-order valence-corrected chi connectivity index (χ4v) is 4.84. The molecule has 0 radical (unpaired) electrons. The highest BCUT2D eigenvalue weighted by atomic mass is 16.5. The van der Waals surface area contributed by atoms with Gasteiger partial charge in [0.15, 0.2) is 0 Å². The first-order valence-corrected chi connectivity index (χ1v) is 11.0. The van der Waals surface area contributed by atoms with Crippen LogP contribution in [0, 0.1) is 11.8 Å². The zero-order chi connectivity index (χ0) is 21.6. The molecule has 2 heterocycles. The quantitative estimate of drug-likeness (QED) is 0.776. The third-order valence-corrected chi connectivity index (χ3v) is 6.41. The molecule has 0 unspecified atom stereocenters. The van der Waals surface area contributed by atoms with Crippen molar-refractivity contribution in [2.75, 3.05) is 40.0 Å². The highest BCUT2D eigenvalue weighted by Crippen LogP contribution is 2.41. The molecule has 2 aromatic carbocycles. The fourth-order valence-electron chi connectivity index (χ4n) is 4.84. The van der Waals surface area contributed by atoms with Crippen molar-refractivity contribution in [1.82, 2.24) is 9.80 Å². The Balaban J connectivity index is 1.51. The zero-order valence-electron chi connectivity index (χ0n) is 18.0. The number of nitrogens with zero attached hydrogens (tertiary/aromatic N) is 2. The standard InChI is InChI=1S/C26H30N2O3/c1-31-19-25(30)27-15-5-6-16-28-23(17-27)26(24(28)18-29)22-13-11-21(12-14-22)10-9-20-7-3-2-4-8-20/h2-4,7-8,11-14,23-24,26,29H,5-6,15-19H2,1H3/t23-,24-,26+/m0/s1. The second-order valence-corrected chi connectivity index (χ2v) is 8.30. The fraction of sp³-hybridized carbons (Fsp3) is 0.423. The van der Waals surface area contributed by atoms with E-state index in [9.17, 15) is 9.90 Å². The number of aliphatic hydroxyl groups is 1. The SMILES string of the molecule is COCC(=O)N1CCCCN2[C@@H](CO)[C@H](c3ccc(C#Cc4ccccc4)cc3)[C@@H]2C1. The molecule has 31 heavy (non-hydrogen) atoms. The van der Waals surface area contributed by atoms with Crippen LogP contribution in [-0.2, 0) is 9.53 Å². The third kappa shape index (κ3) is 4.83. The summed E-state index contributed by atoms with van der Waals surface area (Å²) in [7, 11) is 1.56. The number of fused-ring (bicyclic) bond motifs is 1. The molecule has 162 valence electrons. The van der Waals surface area contributed by atoms with E-state index in [0.29, 0.717) is 6.54 Å². The van der Waals surface area contributed by atoms with E-state index in [4.69, 9.17) is 4.74 Å². The van der Waals surface area contributed by atoms with Gasteiger partial charge in [0.25, 0.3) is 0 Å². The summed E-state index contributed by atoms with van der Waals surface area (Å²) in [6, 6.07) is 18.6. The van der Waals surface area contributed by atoms with Gasteiger partial charge >= 0.3 is 0 Å². The van der Waals surface area contributed by atoms with Gasteiger partial charge in [-0.3, -0.25) is 9.69 Å².